The summed E-state index contributed by atoms with van der Waals surface area (Å²) in [6.45, 7) is 8.29. The fraction of sp³-hybridized carbons (Fsp3) is 0.600. The number of imidazole rings is 1. The van der Waals surface area contributed by atoms with Crippen molar-refractivity contribution in [3.63, 3.8) is 0 Å². The van der Waals surface area contributed by atoms with Crippen LogP contribution in [0.4, 0.5) is 5.82 Å². The Labute approximate surface area is 89.4 Å². The van der Waals surface area contributed by atoms with Gasteiger partial charge >= 0.3 is 0 Å². The third kappa shape index (κ3) is 1.63. The number of aromatic nitrogens is 2. The Bertz CT molecular complexity index is 410. The number of rotatable bonds is 0. The van der Waals surface area contributed by atoms with Crippen LogP contribution >= 0.6 is 0 Å². The van der Waals surface area contributed by atoms with Crippen molar-refractivity contribution in [3.05, 3.63) is 12.0 Å². The number of anilines is 1. The van der Waals surface area contributed by atoms with Crippen molar-refractivity contribution in [1.82, 2.24) is 9.55 Å². The minimum Gasteiger partial charge on any atom is -0.329 e. The lowest BCUT2D eigenvalue weighted by atomic mass is 10.1. The Hall–Kier alpha value is -1.36. The molecule has 1 aromatic rings. The van der Waals surface area contributed by atoms with Crippen LogP contribution in [-0.4, -0.2) is 15.4 Å². The zero-order chi connectivity index (χ0) is 11.2. The molecule has 1 atom stereocenters. The molecule has 0 aliphatic carbocycles. The van der Waals surface area contributed by atoms with Gasteiger partial charge in [-0.05, 0) is 27.7 Å². The van der Waals surface area contributed by atoms with Gasteiger partial charge < -0.3 is 15.6 Å². The largest absolute Gasteiger partial charge is 0.329 e. The molecule has 2 heterocycles. The van der Waals surface area contributed by atoms with Crippen LogP contribution in [-0.2, 0) is 5.54 Å². The van der Waals surface area contributed by atoms with E-state index < -0.39 is 0 Å². The first kappa shape index (κ1) is 10.2. The van der Waals surface area contributed by atoms with Crippen molar-refractivity contribution in [1.29, 1.82) is 0 Å². The Morgan fingerprint density at radius 2 is 2.13 bits per heavy atom. The highest BCUT2D eigenvalue weighted by Gasteiger charge is 2.26. The van der Waals surface area contributed by atoms with Crippen LogP contribution in [0, 0.1) is 0 Å². The summed E-state index contributed by atoms with van der Waals surface area (Å²) >= 11 is 0. The highest BCUT2D eigenvalue weighted by molar-refractivity contribution is 5.95. The Kier molecular flexibility index (Phi) is 2.08. The van der Waals surface area contributed by atoms with Crippen molar-refractivity contribution in [2.24, 2.45) is 10.7 Å². The van der Waals surface area contributed by atoms with E-state index in [-0.39, 0.29) is 11.7 Å². The third-order valence-electron chi connectivity index (χ3n) is 2.43. The Morgan fingerprint density at radius 1 is 1.47 bits per heavy atom. The van der Waals surface area contributed by atoms with E-state index in [0.29, 0.717) is 0 Å². The molecule has 5 heteroatoms. The van der Waals surface area contributed by atoms with Gasteiger partial charge in [-0.15, -0.1) is 0 Å². The van der Waals surface area contributed by atoms with Gasteiger partial charge in [0.25, 0.3) is 0 Å². The van der Waals surface area contributed by atoms with Crippen molar-refractivity contribution in [2.45, 2.75) is 39.4 Å². The molecule has 1 aliphatic heterocycles. The number of fused-ring (bicyclic) bond motifs is 1. The van der Waals surface area contributed by atoms with Crippen LogP contribution in [0.25, 0.3) is 0 Å². The molecule has 0 aromatic carbocycles. The molecule has 1 aromatic heterocycles. The maximum absolute atomic E-state index is 5.89. The fourth-order valence-corrected chi connectivity index (χ4v) is 1.68. The number of nitrogens with zero attached hydrogens (tertiary/aromatic N) is 3. The zero-order valence-corrected chi connectivity index (χ0v) is 9.57. The minimum atomic E-state index is -0.343. The van der Waals surface area contributed by atoms with Crippen LogP contribution in [0.3, 0.4) is 0 Å². The lowest BCUT2D eigenvalue weighted by Crippen LogP contribution is -2.28. The van der Waals surface area contributed by atoms with Crippen LogP contribution in [0.2, 0.25) is 0 Å². The quantitative estimate of drug-likeness (QED) is 0.676. The Balaban J connectivity index is 2.50. The average Bonchev–Trinajstić information content (AvgIpc) is 2.45. The van der Waals surface area contributed by atoms with Gasteiger partial charge in [0.1, 0.15) is 23.5 Å². The van der Waals surface area contributed by atoms with Gasteiger partial charge in [-0.2, -0.15) is 0 Å². The maximum Gasteiger partial charge on any atom is 0.145 e. The van der Waals surface area contributed by atoms with Gasteiger partial charge in [0.15, 0.2) is 0 Å². The van der Waals surface area contributed by atoms with Gasteiger partial charge in [-0.3, -0.25) is 0 Å². The van der Waals surface area contributed by atoms with E-state index in [9.17, 15) is 0 Å². The molecule has 0 amide bonds. The van der Waals surface area contributed by atoms with E-state index in [1.54, 1.807) is 0 Å². The molecule has 2 rings (SSSR count). The summed E-state index contributed by atoms with van der Waals surface area (Å²) in [7, 11) is 0. The van der Waals surface area contributed by atoms with Gasteiger partial charge in [-0.1, -0.05) is 0 Å². The van der Waals surface area contributed by atoms with Gasteiger partial charge in [0, 0.05) is 5.54 Å². The molecule has 5 nitrogen and oxygen atoms in total. The first-order valence-corrected chi connectivity index (χ1v) is 5.04. The first-order chi connectivity index (χ1) is 6.89. The molecular weight excluding hydrogens is 190 g/mol. The molecule has 0 radical (unpaired) electrons. The molecule has 0 saturated heterocycles. The number of nitrogens with two attached hydrogens (primary N) is 1. The summed E-state index contributed by atoms with van der Waals surface area (Å²) in [6.07, 6.45) is 1.47. The zero-order valence-electron chi connectivity index (χ0n) is 9.57. The summed E-state index contributed by atoms with van der Waals surface area (Å²) < 4.78 is 2.08. The molecule has 0 spiro atoms. The summed E-state index contributed by atoms with van der Waals surface area (Å²) in [6, 6.07) is 0. The fourth-order valence-electron chi connectivity index (χ4n) is 1.68. The van der Waals surface area contributed by atoms with Gasteiger partial charge in [0.2, 0.25) is 0 Å². The van der Waals surface area contributed by atoms with Crippen molar-refractivity contribution >= 4 is 11.7 Å². The van der Waals surface area contributed by atoms with E-state index in [0.717, 1.165) is 17.3 Å². The molecule has 1 unspecified atom stereocenters. The van der Waals surface area contributed by atoms with Crippen molar-refractivity contribution in [2.75, 3.05) is 5.32 Å². The number of aliphatic imine (C=N–C) groups is 1. The van der Waals surface area contributed by atoms with E-state index >= 15 is 0 Å². The second-order valence-electron chi connectivity index (χ2n) is 4.80. The summed E-state index contributed by atoms with van der Waals surface area (Å²) in [5, 5.41) is 3.22. The molecule has 3 N–H and O–H groups in total. The van der Waals surface area contributed by atoms with Gasteiger partial charge in [0.05, 0.1) is 6.33 Å². The van der Waals surface area contributed by atoms with Crippen LogP contribution in [0.1, 0.15) is 39.6 Å². The molecule has 0 fully saturated rings. The predicted molar refractivity (Wildman–Crippen MR) is 60.9 cm³/mol. The topological polar surface area (TPSA) is 68.2 Å². The second kappa shape index (κ2) is 3.06. The number of hydrogen-bond donors (Lipinski definition) is 2. The highest BCUT2D eigenvalue weighted by Crippen LogP contribution is 2.29. The molecular formula is C10H17N5. The first-order valence-electron chi connectivity index (χ1n) is 5.04. The lowest BCUT2D eigenvalue weighted by Gasteiger charge is -2.26. The smallest absolute Gasteiger partial charge is 0.145 e. The van der Waals surface area contributed by atoms with Gasteiger partial charge in [-0.25, -0.2) is 9.98 Å². The molecule has 15 heavy (non-hydrogen) atoms. The van der Waals surface area contributed by atoms with E-state index in [2.05, 4.69) is 40.6 Å². The van der Waals surface area contributed by atoms with Crippen LogP contribution < -0.4 is 11.1 Å². The molecule has 82 valence electrons. The van der Waals surface area contributed by atoms with Crippen molar-refractivity contribution in [3.8, 4) is 0 Å². The normalized spacial score (nSPS) is 20.6. The predicted octanol–water partition coefficient (Wildman–Crippen LogP) is 1.44. The SMILES string of the molecule is CC1=NC(N)c2ncn(C(C)(C)C)c2N1. The standard InChI is InChI=1S/C10H17N5/c1-6-13-8(11)7-9(14-6)15(5-12-7)10(2,3)4/h5,8H,11H2,1-4H3,(H,13,14). The molecule has 1 aliphatic rings. The molecule has 0 bridgehead atoms. The summed E-state index contributed by atoms with van der Waals surface area (Å²) in [5.41, 5.74) is 6.70. The van der Waals surface area contributed by atoms with E-state index in [4.69, 9.17) is 5.73 Å². The summed E-state index contributed by atoms with van der Waals surface area (Å²) in [4.78, 5) is 8.53. The maximum atomic E-state index is 5.89. The number of amidine groups is 1. The highest BCUT2D eigenvalue weighted by atomic mass is 15.3. The van der Waals surface area contributed by atoms with E-state index in [1.165, 1.54) is 0 Å². The lowest BCUT2D eigenvalue weighted by molar-refractivity contribution is 0.401. The van der Waals surface area contributed by atoms with Crippen molar-refractivity contribution < 1.29 is 0 Å². The van der Waals surface area contributed by atoms with Crippen LogP contribution in [0.5, 0.6) is 0 Å². The summed E-state index contributed by atoms with van der Waals surface area (Å²) in [5.74, 6) is 1.79. The van der Waals surface area contributed by atoms with Crippen LogP contribution in [0.15, 0.2) is 11.3 Å². The molecule has 0 saturated carbocycles. The monoisotopic (exact) mass is 207 g/mol. The Morgan fingerprint density at radius 3 is 2.73 bits per heavy atom. The average molecular weight is 207 g/mol. The third-order valence-corrected chi connectivity index (χ3v) is 2.43. The van der Waals surface area contributed by atoms with E-state index in [1.807, 2.05) is 13.3 Å². The minimum absolute atomic E-state index is 0.00900. The number of nitrogens with one attached hydrogen (secondary N) is 1. The second-order valence-corrected chi connectivity index (χ2v) is 4.80. The number of hydrogen-bond acceptors (Lipinski definition) is 4.